The summed E-state index contributed by atoms with van der Waals surface area (Å²) in [7, 11) is 0. The molecule has 4 aromatic rings. The first-order chi connectivity index (χ1) is 19.2. The van der Waals surface area contributed by atoms with Crippen LogP contribution in [0.1, 0.15) is 62.9 Å². The van der Waals surface area contributed by atoms with Gasteiger partial charge in [-0.3, -0.25) is 9.59 Å². The molecule has 8 heteroatoms. The van der Waals surface area contributed by atoms with Gasteiger partial charge < -0.3 is 14.6 Å². The number of alkyl halides is 3. The number of furan rings is 1. The number of amides is 2. The number of halogens is 3. The van der Waals surface area contributed by atoms with E-state index in [0.29, 0.717) is 36.5 Å². The van der Waals surface area contributed by atoms with Crippen LogP contribution in [0.2, 0.25) is 0 Å². The highest BCUT2D eigenvalue weighted by Gasteiger charge is 2.31. The van der Waals surface area contributed by atoms with Crippen LogP contribution in [0.4, 0.5) is 18.9 Å². The summed E-state index contributed by atoms with van der Waals surface area (Å²) in [4.78, 5) is 27.2. The predicted octanol–water partition coefficient (Wildman–Crippen LogP) is 7.76. The van der Waals surface area contributed by atoms with Crippen molar-refractivity contribution in [2.75, 3.05) is 11.9 Å². The van der Waals surface area contributed by atoms with Gasteiger partial charge in [0.15, 0.2) is 0 Å². The molecule has 0 fully saturated rings. The lowest BCUT2D eigenvalue weighted by molar-refractivity contribution is -0.137. The summed E-state index contributed by atoms with van der Waals surface area (Å²) < 4.78 is 44.6. The van der Waals surface area contributed by atoms with E-state index in [1.807, 2.05) is 54.6 Å². The third-order valence-electron chi connectivity index (χ3n) is 7.08. The zero-order valence-corrected chi connectivity index (χ0v) is 22.1. The summed E-state index contributed by atoms with van der Waals surface area (Å²) in [5.74, 6) is 0.930. The van der Waals surface area contributed by atoms with Crippen LogP contribution in [-0.4, -0.2) is 23.3 Å². The largest absolute Gasteiger partial charge is 0.461 e. The van der Waals surface area contributed by atoms with Gasteiger partial charge in [-0.15, -0.1) is 0 Å². The molecule has 1 aromatic heterocycles. The minimum atomic E-state index is -4.45. The third kappa shape index (κ3) is 6.11. The molecule has 40 heavy (non-hydrogen) atoms. The normalized spacial score (nSPS) is 13.2. The summed E-state index contributed by atoms with van der Waals surface area (Å²) in [6.07, 6.45) is -0.687. The zero-order chi connectivity index (χ0) is 28.3. The average molecular weight is 547 g/mol. The smallest absolute Gasteiger partial charge is 0.416 e. The number of nitrogens with one attached hydrogen (secondary N) is 1. The number of fused-ring (bicyclic) bond motifs is 1. The van der Waals surface area contributed by atoms with E-state index in [1.54, 1.807) is 4.90 Å². The van der Waals surface area contributed by atoms with Gasteiger partial charge >= 0.3 is 6.18 Å². The Hall–Kier alpha value is -4.33. The van der Waals surface area contributed by atoms with Gasteiger partial charge in [-0.25, -0.2) is 0 Å². The van der Waals surface area contributed by atoms with Gasteiger partial charge in [0, 0.05) is 47.5 Å². The molecule has 5 rings (SSSR count). The first-order valence-electron chi connectivity index (χ1n) is 13.3. The Labute approximate surface area is 230 Å². The molecule has 2 heterocycles. The summed E-state index contributed by atoms with van der Waals surface area (Å²) in [6.45, 7) is 2.87. The Bertz CT molecular complexity index is 1490. The number of unbranched alkanes of at least 4 members (excludes halogenated alkanes) is 1. The lowest BCUT2D eigenvalue weighted by Crippen LogP contribution is -2.35. The zero-order valence-electron chi connectivity index (χ0n) is 22.1. The van der Waals surface area contributed by atoms with Crippen molar-refractivity contribution in [1.29, 1.82) is 0 Å². The van der Waals surface area contributed by atoms with Crippen LogP contribution in [0, 0.1) is 0 Å². The SMILES string of the molecule is CCCCc1ccc(C(=O)Nc2ccc(-c3cc4c(o3)CCN(C(=O)c3ccc(C(F)(F)F)cc3)C4)cc2)cc1. The molecular weight excluding hydrogens is 517 g/mol. The van der Waals surface area contributed by atoms with Gasteiger partial charge in [-0.05, 0) is 85.1 Å². The van der Waals surface area contributed by atoms with Gasteiger partial charge in [-0.2, -0.15) is 13.2 Å². The average Bonchev–Trinajstić information content (AvgIpc) is 3.39. The molecule has 0 unspecified atom stereocenters. The van der Waals surface area contributed by atoms with E-state index < -0.39 is 11.7 Å². The van der Waals surface area contributed by atoms with Crippen molar-refractivity contribution in [3.05, 3.63) is 112 Å². The van der Waals surface area contributed by atoms with E-state index >= 15 is 0 Å². The molecule has 0 saturated carbocycles. The maximum absolute atomic E-state index is 12.9. The highest BCUT2D eigenvalue weighted by Crippen LogP contribution is 2.32. The van der Waals surface area contributed by atoms with Crippen molar-refractivity contribution in [3.8, 4) is 11.3 Å². The maximum atomic E-state index is 12.9. The Morgan fingerprint density at radius 1 is 0.925 bits per heavy atom. The first-order valence-corrected chi connectivity index (χ1v) is 13.3. The fraction of sp³-hybridized carbons (Fsp3) is 0.250. The van der Waals surface area contributed by atoms with Gasteiger partial charge in [0.2, 0.25) is 0 Å². The molecule has 3 aromatic carbocycles. The van der Waals surface area contributed by atoms with E-state index in [9.17, 15) is 22.8 Å². The van der Waals surface area contributed by atoms with E-state index in [0.717, 1.165) is 48.3 Å². The van der Waals surface area contributed by atoms with Crippen LogP contribution < -0.4 is 5.32 Å². The first kappa shape index (κ1) is 27.2. The molecule has 5 nitrogen and oxygen atoms in total. The Morgan fingerprint density at radius 3 is 2.25 bits per heavy atom. The number of anilines is 1. The molecule has 1 aliphatic rings. The van der Waals surface area contributed by atoms with E-state index in [2.05, 4.69) is 12.2 Å². The summed E-state index contributed by atoms with van der Waals surface area (Å²) in [5, 5.41) is 2.92. The van der Waals surface area contributed by atoms with Crippen molar-refractivity contribution >= 4 is 17.5 Å². The Morgan fingerprint density at radius 2 is 1.60 bits per heavy atom. The quantitative estimate of drug-likeness (QED) is 0.258. The van der Waals surface area contributed by atoms with Crippen LogP contribution in [0.25, 0.3) is 11.3 Å². The van der Waals surface area contributed by atoms with Crippen LogP contribution in [0.15, 0.2) is 83.3 Å². The second-order valence-electron chi connectivity index (χ2n) is 9.94. The highest BCUT2D eigenvalue weighted by molar-refractivity contribution is 6.04. The van der Waals surface area contributed by atoms with Crippen molar-refractivity contribution in [3.63, 3.8) is 0 Å². The summed E-state index contributed by atoms with van der Waals surface area (Å²) >= 11 is 0. The number of carbonyl (C=O) groups is 2. The number of hydrogen-bond donors (Lipinski definition) is 1. The number of carbonyl (C=O) groups excluding carboxylic acids is 2. The van der Waals surface area contributed by atoms with E-state index in [1.165, 1.54) is 17.7 Å². The van der Waals surface area contributed by atoms with Crippen molar-refractivity contribution in [2.24, 2.45) is 0 Å². The number of rotatable bonds is 7. The molecule has 1 N–H and O–H groups in total. The summed E-state index contributed by atoms with van der Waals surface area (Å²) in [6, 6.07) is 21.2. The minimum absolute atomic E-state index is 0.180. The number of benzene rings is 3. The van der Waals surface area contributed by atoms with Crippen molar-refractivity contribution in [1.82, 2.24) is 4.90 Å². The lowest BCUT2D eigenvalue weighted by Gasteiger charge is -2.26. The lowest BCUT2D eigenvalue weighted by atomic mass is 10.0. The number of nitrogens with zero attached hydrogens (tertiary/aromatic N) is 1. The van der Waals surface area contributed by atoms with Gasteiger partial charge in [-0.1, -0.05) is 25.5 Å². The third-order valence-corrected chi connectivity index (χ3v) is 7.08. The van der Waals surface area contributed by atoms with E-state index in [-0.39, 0.29) is 17.4 Å². The molecule has 0 aliphatic carbocycles. The van der Waals surface area contributed by atoms with Gasteiger partial charge in [0.1, 0.15) is 11.5 Å². The van der Waals surface area contributed by atoms with Gasteiger partial charge in [0.25, 0.3) is 11.8 Å². The predicted molar refractivity (Wildman–Crippen MR) is 147 cm³/mol. The molecule has 0 radical (unpaired) electrons. The monoisotopic (exact) mass is 546 g/mol. The van der Waals surface area contributed by atoms with Crippen molar-refractivity contribution in [2.45, 2.75) is 45.3 Å². The van der Waals surface area contributed by atoms with Crippen LogP contribution in [-0.2, 0) is 25.6 Å². The Balaban J connectivity index is 1.21. The fourth-order valence-electron chi connectivity index (χ4n) is 4.76. The number of hydrogen-bond acceptors (Lipinski definition) is 3. The number of aryl methyl sites for hydroxylation is 1. The van der Waals surface area contributed by atoms with Crippen LogP contribution in [0.5, 0.6) is 0 Å². The molecule has 2 amide bonds. The van der Waals surface area contributed by atoms with Crippen molar-refractivity contribution < 1.29 is 27.2 Å². The van der Waals surface area contributed by atoms with Crippen LogP contribution >= 0.6 is 0 Å². The molecule has 1 aliphatic heterocycles. The minimum Gasteiger partial charge on any atom is -0.461 e. The second kappa shape index (κ2) is 11.4. The topological polar surface area (TPSA) is 62.6 Å². The molecule has 206 valence electrons. The standard InChI is InChI=1S/C32H29F3N2O3/c1-2-3-4-21-5-7-23(8-6-21)30(38)36-27-15-11-22(12-16-27)29-19-25-20-37(18-17-28(25)40-29)31(39)24-9-13-26(14-10-24)32(33,34)35/h5-16,19H,2-4,17-18,20H2,1H3,(H,36,38). The Kier molecular flexibility index (Phi) is 7.78. The molecule has 0 bridgehead atoms. The van der Waals surface area contributed by atoms with Gasteiger partial charge in [0.05, 0.1) is 5.56 Å². The highest BCUT2D eigenvalue weighted by atomic mass is 19.4. The summed E-state index contributed by atoms with van der Waals surface area (Å²) in [5.41, 5.74) is 3.59. The molecule has 0 atom stereocenters. The maximum Gasteiger partial charge on any atom is 0.416 e. The van der Waals surface area contributed by atoms with Crippen LogP contribution in [0.3, 0.4) is 0 Å². The fourth-order valence-corrected chi connectivity index (χ4v) is 4.76. The molecule has 0 saturated heterocycles. The molecular formula is C32H29F3N2O3. The van der Waals surface area contributed by atoms with E-state index in [4.69, 9.17) is 4.42 Å². The molecule has 0 spiro atoms. The second-order valence-corrected chi connectivity index (χ2v) is 9.94.